The summed E-state index contributed by atoms with van der Waals surface area (Å²) in [5.74, 6) is 0.554. The van der Waals surface area contributed by atoms with Crippen molar-refractivity contribution in [3.63, 3.8) is 0 Å². The van der Waals surface area contributed by atoms with Gasteiger partial charge in [0.25, 0.3) is 0 Å². The first kappa shape index (κ1) is 22.1. The van der Waals surface area contributed by atoms with E-state index in [0.29, 0.717) is 6.42 Å². The molecule has 3 aromatic rings. The molecule has 0 aliphatic carbocycles. The van der Waals surface area contributed by atoms with E-state index in [0.717, 1.165) is 50.1 Å². The van der Waals surface area contributed by atoms with Crippen LogP contribution in [0.3, 0.4) is 0 Å². The van der Waals surface area contributed by atoms with Gasteiger partial charge in [-0.25, -0.2) is 0 Å². The SMILES string of the molecule is Cc1cc2ccccc2n1CCCC(=O)c1ccc(N2CCC(C(=O)N(C)C)CC2)cc1. The van der Waals surface area contributed by atoms with E-state index in [2.05, 4.69) is 46.7 Å². The topological polar surface area (TPSA) is 45.6 Å². The van der Waals surface area contributed by atoms with Gasteiger partial charge in [0.2, 0.25) is 5.91 Å². The van der Waals surface area contributed by atoms with Crippen LogP contribution in [0.1, 0.15) is 41.7 Å². The van der Waals surface area contributed by atoms with Gasteiger partial charge in [-0.1, -0.05) is 18.2 Å². The van der Waals surface area contributed by atoms with Gasteiger partial charge in [0.1, 0.15) is 0 Å². The second-order valence-electron chi connectivity index (χ2n) is 9.06. The van der Waals surface area contributed by atoms with Gasteiger partial charge in [0, 0.05) is 68.5 Å². The molecule has 1 aliphatic rings. The number of carbonyl (C=O) groups excluding carboxylic acids is 2. The number of hydrogen-bond donors (Lipinski definition) is 0. The predicted molar refractivity (Wildman–Crippen MR) is 130 cm³/mol. The van der Waals surface area contributed by atoms with Crippen molar-refractivity contribution in [2.75, 3.05) is 32.1 Å². The van der Waals surface area contributed by atoms with Crippen LogP contribution in [0.15, 0.2) is 54.6 Å². The van der Waals surface area contributed by atoms with E-state index in [-0.39, 0.29) is 17.6 Å². The molecule has 0 bridgehead atoms. The third-order valence-electron chi connectivity index (χ3n) is 6.64. The van der Waals surface area contributed by atoms with Crippen LogP contribution in [0, 0.1) is 12.8 Å². The van der Waals surface area contributed by atoms with E-state index in [1.165, 1.54) is 16.6 Å². The number of piperidine rings is 1. The first-order valence-electron chi connectivity index (χ1n) is 11.6. The Hall–Kier alpha value is -3.08. The average Bonchev–Trinajstić information content (AvgIpc) is 3.13. The molecule has 5 heteroatoms. The number of aromatic nitrogens is 1. The number of nitrogens with zero attached hydrogens (tertiary/aromatic N) is 3. The van der Waals surface area contributed by atoms with Gasteiger partial charge in [0.15, 0.2) is 5.78 Å². The fraction of sp³-hybridized carbons (Fsp3) is 0.407. The lowest BCUT2D eigenvalue weighted by Crippen LogP contribution is -2.40. The van der Waals surface area contributed by atoms with E-state index in [1.807, 2.05) is 38.4 Å². The van der Waals surface area contributed by atoms with Crippen LogP contribution in [-0.2, 0) is 11.3 Å². The van der Waals surface area contributed by atoms with E-state index >= 15 is 0 Å². The van der Waals surface area contributed by atoms with Crippen LogP contribution in [0.25, 0.3) is 10.9 Å². The van der Waals surface area contributed by atoms with E-state index in [9.17, 15) is 9.59 Å². The number of benzene rings is 2. The maximum absolute atomic E-state index is 12.7. The molecule has 0 unspecified atom stereocenters. The van der Waals surface area contributed by atoms with Crippen molar-refractivity contribution in [3.8, 4) is 0 Å². The molecule has 0 radical (unpaired) electrons. The molecule has 5 nitrogen and oxygen atoms in total. The van der Waals surface area contributed by atoms with E-state index < -0.39 is 0 Å². The number of fused-ring (bicyclic) bond motifs is 1. The number of aryl methyl sites for hydroxylation is 2. The lowest BCUT2D eigenvalue weighted by molar-refractivity contribution is -0.133. The molecule has 2 aromatic carbocycles. The summed E-state index contributed by atoms with van der Waals surface area (Å²) in [6.45, 7) is 4.73. The Balaban J connectivity index is 1.30. The molecule has 1 aliphatic heterocycles. The molecule has 1 fully saturated rings. The number of anilines is 1. The summed E-state index contributed by atoms with van der Waals surface area (Å²) < 4.78 is 2.30. The summed E-state index contributed by atoms with van der Waals surface area (Å²) in [5, 5.41) is 1.25. The highest BCUT2D eigenvalue weighted by Gasteiger charge is 2.26. The lowest BCUT2D eigenvalue weighted by Gasteiger charge is -2.34. The molecule has 2 heterocycles. The normalized spacial score (nSPS) is 14.7. The second kappa shape index (κ2) is 9.60. The first-order chi connectivity index (χ1) is 15.4. The number of ketones is 1. The van der Waals surface area contributed by atoms with E-state index in [1.54, 1.807) is 4.90 Å². The maximum atomic E-state index is 12.7. The molecular formula is C27H33N3O2. The van der Waals surface area contributed by atoms with Crippen LogP contribution < -0.4 is 4.90 Å². The Morgan fingerprint density at radius 1 is 1.00 bits per heavy atom. The van der Waals surface area contributed by atoms with Gasteiger partial charge in [-0.3, -0.25) is 9.59 Å². The number of carbonyl (C=O) groups is 2. The average molecular weight is 432 g/mol. The Morgan fingerprint density at radius 3 is 2.38 bits per heavy atom. The van der Waals surface area contributed by atoms with Gasteiger partial charge in [0.05, 0.1) is 0 Å². The minimum atomic E-state index is 0.128. The number of rotatable bonds is 7. The van der Waals surface area contributed by atoms with Crippen LogP contribution in [-0.4, -0.2) is 48.3 Å². The van der Waals surface area contributed by atoms with Crippen molar-refractivity contribution in [3.05, 3.63) is 65.9 Å². The third-order valence-corrected chi connectivity index (χ3v) is 6.64. The highest BCUT2D eigenvalue weighted by atomic mass is 16.2. The van der Waals surface area contributed by atoms with Gasteiger partial charge in [-0.2, -0.15) is 0 Å². The Labute approximate surface area is 190 Å². The highest BCUT2D eigenvalue weighted by molar-refractivity contribution is 5.96. The number of hydrogen-bond acceptors (Lipinski definition) is 3. The van der Waals surface area contributed by atoms with Crippen molar-refractivity contribution in [2.45, 2.75) is 39.2 Å². The molecule has 1 amide bonds. The fourth-order valence-corrected chi connectivity index (χ4v) is 4.80. The maximum Gasteiger partial charge on any atom is 0.225 e. The summed E-state index contributed by atoms with van der Waals surface area (Å²) in [6, 6.07) is 18.6. The zero-order valence-electron chi connectivity index (χ0n) is 19.4. The summed E-state index contributed by atoms with van der Waals surface area (Å²) >= 11 is 0. The highest BCUT2D eigenvalue weighted by Crippen LogP contribution is 2.25. The summed E-state index contributed by atoms with van der Waals surface area (Å²) in [7, 11) is 3.65. The monoisotopic (exact) mass is 431 g/mol. The molecule has 0 atom stereocenters. The van der Waals surface area contributed by atoms with Crippen LogP contribution in [0.5, 0.6) is 0 Å². The van der Waals surface area contributed by atoms with Crippen molar-refractivity contribution >= 4 is 28.3 Å². The zero-order valence-corrected chi connectivity index (χ0v) is 19.4. The molecule has 168 valence electrons. The fourth-order valence-electron chi connectivity index (χ4n) is 4.80. The molecular weight excluding hydrogens is 398 g/mol. The van der Waals surface area contributed by atoms with Crippen molar-refractivity contribution < 1.29 is 9.59 Å². The van der Waals surface area contributed by atoms with Gasteiger partial charge >= 0.3 is 0 Å². The van der Waals surface area contributed by atoms with Crippen molar-refractivity contribution in [1.82, 2.24) is 9.47 Å². The van der Waals surface area contributed by atoms with Crippen LogP contribution in [0.2, 0.25) is 0 Å². The first-order valence-corrected chi connectivity index (χ1v) is 11.6. The standard InChI is InChI=1S/C27H33N3O2/c1-20-19-23-7-4-5-8-25(23)30(20)16-6-9-26(31)21-10-12-24(13-11-21)29-17-14-22(15-18-29)27(32)28(2)3/h4-5,7-8,10-13,19,22H,6,9,14-18H2,1-3H3. The molecule has 1 aromatic heterocycles. The summed E-state index contributed by atoms with van der Waals surface area (Å²) in [6.07, 6.45) is 3.13. The zero-order chi connectivity index (χ0) is 22.7. The van der Waals surface area contributed by atoms with Crippen LogP contribution >= 0.6 is 0 Å². The predicted octanol–water partition coefficient (Wildman–Crippen LogP) is 4.92. The molecule has 0 spiro atoms. The molecule has 0 N–H and O–H groups in total. The molecule has 4 rings (SSSR count). The Bertz CT molecular complexity index is 1090. The molecule has 1 saturated heterocycles. The van der Waals surface area contributed by atoms with Gasteiger partial charge in [-0.05, 0) is 68.0 Å². The second-order valence-corrected chi connectivity index (χ2v) is 9.06. The Morgan fingerprint density at radius 2 is 1.69 bits per heavy atom. The Kier molecular flexibility index (Phi) is 6.63. The molecule has 32 heavy (non-hydrogen) atoms. The smallest absolute Gasteiger partial charge is 0.225 e. The van der Waals surface area contributed by atoms with E-state index in [4.69, 9.17) is 0 Å². The quantitative estimate of drug-likeness (QED) is 0.499. The lowest BCUT2D eigenvalue weighted by atomic mass is 9.95. The number of para-hydroxylation sites is 1. The minimum absolute atomic E-state index is 0.128. The number of amides is 1. The van der Waals surface area contributed by atoms with Gasteiger partial charge in [-0.15, -0.1) is 0 Å². The largest absolute Gasteiger partial charge is 0.371 e. The third kappa shape index (κ3) is 4.72. The van der Waals surface area contributed by atoms with Crippen LogP contribution in [0.4, 0.5) is 5.69 Å². The summed E-state index contributed by atoms with van der Waals surface area (Å²) in [5.41, 5.74) is 4.38. The minimum Gasteiger partial charge on any atom is -0.371 e. The van der Waals surface area contributed by atoms with Crippen molar-refractivity contribution in [1.29, 1.82) is 0 Å². The summed E-state index contributed by atoms with van der Waals surface area (Å²) in [4.78, 5) is 28.9. The number of Topliss-reactive ketones (excluding diaryl/α,β-unsaturated/α-hetero) is 1. The molecule has 0 saturated carbocycles. The van der Waals surface area contributed by atoms with Gasteiger partial charge < -0.3 is 14.4 Å². The van der Waals surface area contributed by atoms with Crippen molar-refractivity contribution in [2.24, 2.45) is 5.92 Å².